The number of anilines is 1. The fourth-order valence-electron chi connectivity index (χ4n) is 3.57. The van der Waals surface area contributed by atoms with Gasteiger partial charge in [0.2, 0.25) is 0 Å². The first kappa shape index (κ1) is 14.7. The molecule has 0 amide bonds. The first-order valence-electron chi connectivity index (χ1n) is 8.10. The Morgan fingerprint density at radius 2 is 1.86 bits per heavy atom. The summed E-state index contributed by atoms with van der Waals surface area (Å²) in [6, 6.07) is 2.95. The maximum Gasteiger partial charge on any atom is 0.141 e. The minimum absolute atomic E-state index is 0.776. The number of fused-ring (bicyclic) bond motifs is 1. The van der Waals surface area contributed by atoms with E-state index in [-0.39, 0.29) is 0 Å². The second-order valence-electron chi connectivity index (χ2n) is 6.10. The molecule has 2 fully saturated rings. The van der Waals surface area contributed by atoms with Crippen molar-refractivity contribution in [2.24, 2.45) is 0 Å². The monoisotopic (exact) mass is 334 g/mol. The van der Waals surface area contributed by atoms with Gasteiger partial charge in [0.25, 0.3) is 0 Å². The zero-order valence-electron chi connectivity index (χ0n) is 13.0. The molecule has 4 nitrogen and oxygen atoms in total. The highest BCUT2D eigenvalue weighted by Gasteiger charge is 2.27. The van der Waals surface area contributed by atoms with Crippen LogP contribution >= 0.6 is 23.1 Å². The molecule has 0 N–H and O–H groups in total. The van der Waals surface area contributed by atoms with Gasteiger partial charge >= 0.3 is 0 Å². The highest BCUT2D eigenvalue weighted by molar-refractivity contribution is 7.99. The van der Waals surface area contributed by atoms with E-state index in [0.29, 0.717) is 0 Å². The molecule has 2 aromatic heterocycles. The molecule has 0 spiro atoms. The molecule has 22 heavy (non-hydrogen) atoms. The number of thioether (sulfide) groups is 1. The average molecular weight is 335 g/mol. The maximum absolute atomic E-state index is 4.74. The van der Waals surface area contributed by atoms with Gasteiger partial charge in [0, 0.05) is 43.7 Å². The number of piperidine rings is 1. The van der Waals surface area contributed by atoms with Crippen LogP contribution in [0.4, 0.5) is 5.82 Å². The van der Waals surface area contributed by atoms with Gasteiger partial charge in [0.1, 0.15) is 16.5 Å². The molecule has 6 heteroatoms. The first-order chi connectivity index (χ1) is 10.8. The van der Waals surface area contributed by atoms with Gasteiger partial charge in [-0.3, -0.25) is 4.90 Å². The summed E-state index contributed by atoms with van der Waals surface area (Å²) in [7, 11) is 0. The van der Waals surface area contributed by atoms with Crippen LogP contribution in [-0.2, 0) is 0 Å². The number of hydrogen-bond donors (Lipinski definition) is 0. The van der Waals surface area contributed by atoms with E-state index in [1.165, 1.54) is 42.8 Å². The topological polar surface area (TPSA) is 32.3 Å². The smallest absolute Gasteiger partial charge is 0.141 e. The molecule has 0 aromatic carbocycles. The van der Waals surface area contributed by atoms with Gasteiger partial charge in [0.15, 0.2) is 0 Å². The van der Waals surface area contributed by atoms with Gasteiger partial charge in [0.05, 0.1) is 5.39 Å². The van der Waals surface area contributed by atoms with E-state index in [9.17, 15) is 0 Å². The first-order valence-corrected chi connectivity index (χ1v) is 10.1. The summed E-state index contributed by atoms with van der Waals surface area (Å²) in [5, 5.41) is 3.35. The van der Waals surface area contributed by atoms with Crippen molar-refractivity contribution in [1.82, 2.24) is 14.9 Å². The predicted octanol–water partition coefficient (Wildman–Crippen LogP) is 3.02. The summed E-state index contributed by atoms with van der Waals surface area (Å²) in [5.74, 6) is 4.65. The quantitative estimate of drug-likeness (QED) is 0.843. The van der Waals surface area contributed by atoms with Crippen LogP contribution in [0.25, 0.3) is 10.2 Å². The molecule has 0 unspecified atom stereocenters. The van der Waals surface area contributed by atoms with Crippen LogP contribution < -0.4 is 4.90 Å². The highest BCUT2D eigenvalue weighted by atomic mass is 32.2. The third kappa shape index (κ3) is 2.84. The molecule has 2 aliphatic rings. The van der Waals surface area contributed by atoms with E-state index in [1.807, 2.05) is 6.92 Å². The number of aryl methyl sites for hydroxylation is 1. The molecule has 118 valence electrons. The Morgan fingerprint density at radius 3 is 2.64 bits per heavy atom. The van der Waals surface area contributed by atoms with Crippen molar-refractivity contribution in [3.05, 3.63) is 17.3 Å². The molecule has 0 radical (unpaired) electrons. The molecule has 4 rings (SSSR count). The van der Waals surface area contributed by atoms with Crippen molar-refractivity contribution in [2.75, 3.05) is 42.6 Å². The highest BCUT2D eigenvalue weighted by Crippen LogP contribution is 2.30. The molecule has 0 aliphatic carbocycles. The Labute approximate surface area is 139 Å². The molecule has 2 aliphatic heterocycles. The van der Waals surface area contributed by atoms with Crippen LogP contribution in [0.3, 0.4) is 0 Å². The van der Waals surface area contributed by atoms with Gasteiger partial charge < -0.3 is 4.90 Å². The van der Waals surface area contributed by atoms with E-state index in [0.717, 1.165) is 35.6 Å². The Balaban J connectivity index is 1.49. The van der Waals surface area contributed by atoms with E-state index in [4.69, 9.17) is 4.98 Å². The number of aromatic nitrogens is 2. The fourth-order valence-corrected chi connectivity index (χ4v) is 5.31. The van der Waals surface area contributed by atoms with Crippen molar-refractivity contribution in [2.45, 2.75) is 25.8 Å². The van der Waals surface area contributed by atoms with Gasteiger partial charge in [-0.1, -0.05) is 0 Å². The van der Waals surface area contributed by atoms with Crippen molar-refractivity contribution >= 4 is 39.1 Å². The summed E-state index contributed by atoms with van der Waals surface area (Å²) in [6.07, 6.45) is 2.53. The van der Waals surface area contributed by atoms with Crippen LogP contribution in [0.1, 0.15) is 18.7 Å². The van der Waals surface area contributed by atoms with Crippen LogP contribution in [0, 0.1) is 6.92 Å². The largest absolute Gasteiger partial charge is 0.356 e. The van der Waals surface area contributed by atoms with Gasteiger partial charge in [-0.25, -0.2) is 9.97 Å². The Kier molecular flexibility index (Phi) is 4.24. The molecular formula is C16H22N4S2. The molecule has 2 aromatic rings. The predicted molar refractivity (Wildman–Crippen MR) is 96.3 cm³/mol. The molecule has 0 saturated carbocycles. The lowest BCUT2D eigenvalue weighted by Crippen LogP contribution is -2.48. The van der Waals surface area contributed by atoms with Crippen LogP contribution in [0.2, 0.25) is 0 Å². The van der Waals surface area contributed by atoms with E-state index in [1.54, 1.807) is 11.3 Å². The maximum atomic E-state index is 4.74. The molecular weight excluding hydrogens is 312 g/mol. The average Bonchev–Trinajstić information content (AvgIpc) is 3.03. The summed E-state index contributed by atoms with van der Waals surface area (Å²) >= 11 is 3.81. The zero-order valence-corrected chi connectivity index (χ0v) is 14.6. The molecule has 4 heterocycles. The summed E-state index contributed by atoms with van der Waals surface area (Å²) < 4.78 is 0. The summed E-state index contributed by atoms with van der Waals surface area (Å²) in [4.78, 5) is 15.6. The molecule has 2 saturated heterocycles. The van der Waals surface area contributed by atoms with Crippen LogP contribution in [0.5, 0.6) is 0 Å². The van der Waals surface area contributed by atoms with Crippen molar-refractivity contribution < 1.29 is 0 Å². The van der Waals surface area contributed by atoms with Gasteiger partial charge in [-0.15, -0.1) is 11.3 Å². The van der Waals surface area contributed by atoms with E-state index >= 15 is 0 Å². The third-order valence-corrected chi connectivity index (χ3v) is 6.49. The number of rotatable bonds is 2. The van der Waals surface area contributed by atoms with Crippen molar-refractivity contribution in [3.8, 4) is 0 Å². The standard InChI is InChI=1S/C16H22N4S2/c1-12-17-15(14-4-9-22-16(14)18-12)20-5-2-13(3-6-20)19-7-10-21-11-8-19/h4,9,13H,2-3,5-8,10-11H2,1H3. The fraction of sp³-hybridized carbons (Fsp3) is 0.625. The third-order valence-electron chi connectivity index (χ3n) is 4.74. The molecule has 0 atom stereocenters. The van der Waals surface area contributed by atoms with Crippen LogP contribution in [-0.4, -0.2) is 58.6 Å². The van der Waals surface area contributed by atoms with Gasteiger partial charge in [-0.2, -0.15) is 11.8 Å². The summed E-state index contributed by atoms with van der Waals surface area (Å²) in [5.41, 5.74) is 0. The molecule has 0 bridgehead atoms. The minimum Gasteiger partial charge on any atom is -0.356 e. The Morgan fingerprint density at radius 1 is 1.09 bits per heavy atom. The minimum atomic E-state index is 0.776. The van der Waals surface area contributed by atoms with Crippen molar-refractivity contribution in [3.63, 3.8) is 0 Å². The van der Waals surface area contributed by atoms with E-state index < -0.39 is 0 Å². The zero-order chi connectivity index (χ0) is 14.9. The van der Waals surface area contributed by atoms with Crippen LogP contribution in [0.15, 0.2) is 11.4 Å². The van der Waals surface area contributed by atoms with Crippen molar-refractivity contribution in [1.29, 1.82) is 0 Å². The second kappa shape index (κ2) is 6.34. The lowest BCUT2D eigenvalue weighted by atomic mass is 10.0. The number of nitrogens with zero attached hydrogens (tertiary/aromatic N) is 4. The lowest BCUT2D eigenvalue weighted by molar-refractivity contribution is 0.185. The number of hydrogen-bond acceptors (Lipinski definition) is 6. The normalized spacial score (nSPS) is 21.6. The van der Waals surface area contributed by atoms with E-state index in [2.05, 4.69) is 38.0 Å². The Bertz CT molecular complexity index is 643. The summed E-state index contributed by atoms with van der Waals surface area (Å²) in [6.45, 7) is 6.79. The Hall–Kier alpha value is -0.850. The second-order valence-corrected chi connectivity index (χ2v) is 8.22. The van der Waals surface area contributed by atoms with Gasteiger partial charge in [-0.05, 0) is 31.2 Å². The lowest BCUT2D eigenvalue weighted by Gasteiger charge is -2.40. The number of thiophene rings is 1. The SMILES string of the molecule is Cc1nc(N2CCC(N3CCSCC3)CC2)c2ccsc2n1.